The van der Waals surface area contributed by atoms with Gasteiger partial charge in [0.15, 0.2) is 0 Å². The molecule has 3 aromatic rings. The lowest BCUT2D eigenvalue weighted by Crippen LogP contribution is -2.36. The topological polar surface area (TPSA) is 94.2 Å². The van der Waals surface area contributed by atoms with Crippen molar-refractivity contribution in [3.8, 4) is 0 Å². The van der Waals surface area contributed by atoms with Crippen LogP contribution in [0.5, 0.6) is 0 Å². The van der Waals surface area contributed by atoms with E-state index in [1.807, 2.05) is 0 Å². The fourth-order valence-corrected chi connectivity index (χ4v) is 2.99. The number of halogens is 7. The zero-order valence-electron chi connectivity index (χ0n) is 19.5. The fourth-order valence-electron chi connectivity index (χ4n) is 2.99. The minimum Gasteiger partial charge on any atom is -0.389 e. The van der Waals surface area contributed by atoms with E-state index in [2.05, 4.69) is 20.1 Å². The first-order valence-electron chi connectivity index (χ1n) is 10.9. The highest BCUT2D eigenvalue weighted by atomic mass is 19.4. The van der Waals surface area contributed by atoms with Gasteiger partial charge in [0.2, 0.25) is 0 Å². The maximum absolute atomic E-state index is 12.4. The molecule has 14 heteroatoms. The van der Waals surface area contributed by atoms with Gasteiger partial charge in [-0.15, -0.1) is 0 Å². The number of benzene rings is 2. The fraction of sp³-hybridized carbons (Fsp3) is 0.391. The summed E-state index contributed by atoms with van der Waals surface area (Å²) in [6.07, 6.45) is -11.2. The minimum atomic E-state index is -4.88. The zero-order valence-corrected chi connectivity index (χ0v) is 19.5. The summed E-state index contributed by atoms with van der Waals surface area (Å²) in [5.74, 6) is 0.509. The van der Waals surface area contributed by atoms with Crippen LogP contribution in [0.15, 0.2) is 53.3 Å². The van der Waals surface area contributed by atoms with Crippen LogP contribution in [0.3, 0.4) is 0 Å². The molecule has 1 aromatic heterocycles. The highest BCUT2D eigenvalue weighted by Gasteiger charge is 2.37. The summed E-state index contributed by atoms with van der Waals surface area (Å²) in [5, 5.41) is 15.2. The Morgan fingerprint density at radius 3 is 1.92 bits per heavy atom. The third kappa shape index (κ3) is 10.7. The van der Waals surface area contributed by atoms with E-state index in [9.17, 15) is 35.5 Å². The first kappa shape index (κ1) is 30.0. The summed E-state index contributed by atoms with van der Waals surface area (Å²) in [6, 6.07) is 8.96. The van der Waals surface area contributed by atoms with Crippen molar-refractivity contribution in [2.75, 3.05) is 26.3 Å². The predicted molar refractivity (Wildman–Crippen MR) is 119 cm³/mol. The van der Waals surface area contributed by atoms with E-state index in [0.717, 1.165) is 33.2 Å². The molecule has 0 aliphatic carbocycles. The maximum Gasteiger partial charge on any atom is 0.416 e. The number of aliphatic hydroxyl groups excluding tert-OH is 1. The average molecular weight is 538 g/mol. The number of rotatable bonds is 3. The summed E-state index contributed by atoms with van der Waals surface area (Å²) in [4.78, 5) is 15.5. The summed E-state index contributed by atoms with van der Waals surface area (Å²) < 4.78 is 91.2. The van der Waals surface area contributed by atoms with Crippen LogP contribution < -0.4 is 5.69 Å². The second kappa shape index (κ2) is 13.4. The van der Waals surface area contributed by atoms with Crippen molar-refractivity contribution >= 4 is 0 Å². The normalized spacial score (nSPS) is 15.2. The largest absolute Gasteiger partial charge is 0.416 e. The number of ether oxygens (including phenoxy) is 1. The number of hydrogen-bond acceptors (Lipinski definition) is 5. The second-order valence-corrected chi connectivity index (χ2v) is 7.82. The third-order valence-corrected chi connectivity index (χ3v) is 4.85. The third-order valence-electron chi connectivity index (χ3n) is 4.85. The molecule has 1 atom stereocenters. The van der Waals surface area contributed by atoms with Crippen molar-refractivity contribution in [2.45, 2.75) is 31.9 Å². The molecular weight excluding hydrogens is 513 g/mol. The quantitative estimate of drug-likeness (QED) is 0.426. The van der Waals surface area contributed by atoms with Gasteiger partial charge in [-0.05, 0) is 42.8 Å². The van der Waals surface area contributed by atoms with Gasteiger partial charge in [-0.2, -0.15) is 31.4 Å². The number of aromatic nitrogens is 3. The average Bonchev–Trinajstić information content (AvgIpc) is 3.24. The number of morpholine rings is 1. The number of alkyl halides is 6. The second-order valence-electron chi connectivity index (χ2n) is 7.82. The highest BCUT2D eigenvalue weighted by Crippen LogP contribution is 2.37. The van der Waals surface area contributed by atoms with Crippen LogP contribution >= 0.6 is 0 Å². The Morgan fingerprint density at radius 1 is 1.00 bits per heavy atom. The highest BCUT2D eigenvalue weighted by molar-refractivity contribution is 5.34. The molecule has 3 N–H and O–H groups in total. The van der Waals surface area contributed by atoms with E-state index in [0.29, 0.717) is 24.5 Å². The lowest BCUT2D eigenvalue weighted by Gasteiger charge is -2.25. The van der Waals surface area contributed by atoms with Crippen LogP contribution in [0, 0.1) is 5.82 Å². The molecule has 1 aliphatic heterocycles. The van der Waals surface area contributed by atoms with Crippen molar-refractivity contribution in [3.05, 3.63) is 87.3 Å². The molecule has 1 fully saturated rings. The van der Waals surface area contributed by atoms with Gasteiger partial charge in [0.25, 0.3) is 0 Å². The lowest BCUT2D eigenvalue weighted by molar-refractivity contribution is -0.143. The molecule has 2 heterocycles. The van der Waals surface area contributed by atoms with E-state index in [1.54, 1.807) is 18.2 Å². The number of aliphatic hydroxyl groups is 1. The monoisotopic (exact) mass is 538 g/mol. The first-order valence-corrected chi connectivity index (χ1v) is 10.9. The van der Waals surface area contributed by atoms with E-state index in [-0.39, 0.29) is 17.6 Å². The Labute approximate surface area is 206 Å². The molecule has 7 nitrogen and oxygen atoms in total. The molecule has 0 amide bonds. The molecule has 0 saturated carbocycles. The van der Waals surface area contributed by atoms with Crippen LogP contribution in [0.25, 0.3) is 0 Å². The molecule has 2 aromatic carbocycles. The molecule has 37 heavy (non-hydrogen) atoms. The van der Waals surface area contributed by atoms with Crippen LogP contribution in [0.2, 0.25) is 0 Å². The molecule has 0 bridgehead atoms. The summed E-state index contributed by atoms with van der Waals surface area (Å²) in [7, 11) is 0. The smallest absolute Gasteiger partial charge is 0.389 e. The Hall–Kier alpha value is -3.23. The lowest BCUT2D eigenvalue weighted by atomic mass is 10.0. The predicted octanol–water partition coefficient (Wildman–Crippen LogP) is 4.53. The number of aromatic amines is 2. The SMILES string of the molecule is C[C@@H](O)c1cc(C(F)(F)F)cc(C(F)(F)F)c1.Fc1ccccc1.O=c1[nH]nc(CN2CCOCC2)[nH]1. The summed E-state index contributed by atoms with van der Waals surface area (Å²) >= 11 is 0. The first-order chi connectivity index (χ1) is 17.3. The van der Waals surface area contributed by atoms with E-state index < -0.39 is 35.1 Å². The molecule has 0 spiro atoms. The van der Waals surface area contributed by atoms with E-state index >= 15 is 0 Å². The molecule has 0 unspecified atom stereocenters. The van der Waals surface area contributed by atoms with Gasteiger partial charge in [0.1, 0.15) is 11.6 Å². The molecule has 0 radical (unpaired) electrons. The number of hydrogen-bond donors (Lipinski definition) is 3. The van der Waals surface area contributed by atoms with Gasteiger partial charge in [-0.25, -0.2) is 14.3 Å². The van der Waals surface area contributed by atoms with Gasteiger partial charge >= 0.3 is 18.0 Å². The van der Waals surface area contributed by atoms with Crippen molar-refractivity contribution in [3.63, 3.8) is 0 Å². The number of H-pyrrole nitrogens is 2. The Morgan fingerprint density at radius 2 is 1.54 bits per heavy atom. The molecule has 4 rings (SSSR count). The van der Waals surface area contributed by atoms with Crippen molar-refractivity contribution in [1.29, 1.82) is 0 Å². The van der Waals surface area contributed by atoms with Gasteiger partial charge in [0.05, 0.1) is 37.0 Å². The summed E-state index contributed by atoms with van der Waals surface area (Å²) in [5.41, 5.74) is -3.53. The molecule has 204 valence electrons. The standard InChI is InChI=1S/C10H8F6O.C7H12N4O2.C6H5F/c1-5(17)6-2-7(9(11,12)13)4-8(3-6)10(14,15)16;12-7-8-6(9-10-7)5-11-1-3-13-4-2-11;7-6-4-2-1-3-5-6/h2-5,17H,1H3;1-5H2,(H2,8,9,10,12);1-5H/t5-;;/m1../s1. The van der Waals surface area contributed by atoms with Crippen molar-refractivity contribution in [1.82, 2.24) is 20.1 Å². The molecule has 1 aliphatic rings. The number of nitrogens with zero attached hydrogens (tertiary/aromatic N) is 2. The van der Waals surface area contributed by atoms with Crippen LogP contribution in [0.1, 0.15) is 35.5 Å². The zero-order chi connectivity index (χ0) is 27.6. The van der Waals surface area contributed by atoms with E-state index in [1.165, 1.54) is 12.1 Å². The molecule has 1 saturated heterocycles. The summed E-state index contributed by atoms with van der Waals surface area (Å²) in [6.45, 7) is 5.09. The number of nitrogens with one attached hydrogen (secondary N) is 2. The maximum atomic E-state index is 12.4. The van der Waals surface area contributed by atoms with E-state index in [4.69, 9.17) is 9.84 Å². The molecular formula is C23H25F7N4O3. The van der Waals surface area contributed by atoms with Crippen molar-refractivity contribution in [2.24, 2.45) is 0 Å². The van der Waals surface area contributed by atoms with Gasteiger partial charge in [0, 0.05) is 13.1 Å². The van der Waals surface area contributed by atoms with Gasteiger partial charge in [-0.3, -0.25) is 9.88 Å². The van der Waals surface area contributed by atoms with Crippen molar-refractivity contribution < 1.29 is 40.6 Å². The Balaban J connectivity index is 0.000000211. The Kier molecular flexibility index (Phi) is 10.8. The van der Waals surface area contributed by atoms with Gasteiger partial charge in [-0.1, -0.05) is 18.2 Å². The van der Waals surface area contributed by atoms with Crippen LogP contribution in [-0.4, -0.2) is 51.5 Å². The minimum absolute atomic E-state index is 0.0197. The van der Waals surface area contributed by atoms with Crippen LogP contribution in [0.4, 0.5) is 30.7 Å². The van der Waals surface area contributed by atoms with Gasteiger partial charge < -0.3 is 9.84 Å². The Bertz CT molecular complexity index is 1110. The van der Waals surface area contributed by atoms with Crippen LogP contribution in [-0.2, 0) is 23.6 Å².